The molecule has 2 aromatic carbocycles. The maximum absolute atomic E-state index is 11.1. The van der Waals surface area contributed by atoms with E-state index in [0.717, 1.165) is 6.42 Å². The van der Waals surface area contributed by atoms with Gasteiger partial charge in [-0.05, 0) is 42.7 Å². The van der Waals surface area contributed by atoms with Crippen LogP contribution in [0, 0.1) is 0 Å². The van der Waals surface area contributed by atoms with Gasteiger partial charge >= 0.3 is 0 Å². The van der Waals surface area contributed by atoms with E-state index in [9.17, 15) is 9.90 Å². The molecule has 2 rings (SSSR count). The molecule has 0 amide bonds. The van der Waals surface area contributed by atoms with Crippen molar-refractivity contribution < 1.29 is 14.6 Å². The zero-order valence-corrected chi connectivity index (χ0v) is 14.3. The molecule has 0 aliphatic heterocycles. The van der Waals surface area contributed by atoms with Gasteiger partial charge < -0.3 is 14.6 Å². The predicted octanol–water partition coefficient (Wildman–Crippen LogP) is 4.75. The van der Waals surface area contributed by atoms with E-state index >= 15 is 0 Å². The lowest BCUT2D eigenvalue weighted by atomic mass is 10.0. The van der Waals surface area contributed by atoms with Crippen molar-refractivity contribution in [1.29, 1.82) is 0 Å². The van der Waals surface area contributed by atoms with E-state index in [-0.39, 0.29) is 5.56 Å². The van der Waals surface area contributed by atoms with Gasteiger partial charge in [-0.2, -0.15) is 0 Å². The number of ether oxygens (including phenoxy) is 1. The Balaban J connectivity index is 1.85. The number of carboxylic acids is 1. The van der Waals surface area contributed by atoms with Crippen LogP contribution in [0.4, 0.5) is 0 Å². The number of benzene rings is 2. The SMILES string of the molecule is CCCCCCCCc1ccc(Oc2ccccc2C(=O)[O-])cc1. The van der Waals surface area contributed by atoms with Gasteiger partial charge in [0.25, 0.3) is 0 Å². The summed E-state index contributed by atoms with van der Waals surface area (Å²) in [5.41, 5.74) is 1.35. The molecule has 0 N–H and O–H groups in total. The summed E-state index contributed by atoms with van der Waals surface area (Å²) in [5.74, 6) is -0.290. The molecular weight excluding hydrogens is 300 g/mol. The average Bonchev–Trinajstić information content (AvgIpc) is 2.60. The Morgan fingerprint density at radius 3 is 2.29 bits per heavy atom. The van der Waals surface area contributed by atoms with Gasteiger partial charge in [0.1, 0.15) is 11.5 Å². The van der Waals surface area contributed by atoms with E-state index in [1.807, 2.05) is 24.3 Å². The maximum atomic E-state index is 11.1. The minimum absolute atomic E-state index is 0.0636. The quantitative estimate of drug-likeness (QED) is 0.593. The number of aryl methyl sites for hydroxylation is 1. The van der Waals surface area contributed by atoms with Crippen LogP contribution in [0.2, 0.25) is 0 Å². The molecule has 0 aliphatic carbocycles. The normalized spacial score (nSPS) is 10.5. The highest BCUT2D eigenvalue weighted by molar-refractivity contribution is 5.89. The summed E-state index contributed by atoms with van der Waals surface area (Å²) >= 11 is 0. The molecule has 128 valence electrons. The number of hydrogen-bond acceptors (Lipinski definition) is 3. The standard InChI is InChI=1S/C21H26O3/c1-2-3-4-5-6-7-10-17-13-15-18(16-14-17)24-20-12-9-8-11-19(20)21(22)23/h8-9,11-16H,2-7,10H2,1H3,(H,22,23)/p-1. The summed E-state index contributed by atoms with van der Waals surface area (Å²) in [4.78, 5) is 11.1. The lowest BCUT2D eigenvalue weighted by molar-refractivity contribution is -0.255. The number of unbranched alkanes of at least 4 members (excludes halogenated alkanes) is 5. The summed E-state index contributed by atoms with van der Waals surface area (Å²) in [5, 5.41) is 11.1. The lowest BCUT2D eigenvalue weighted by Gasteiger charge is -2.12. The fourth-order valence-corrected chi connectivity index (χ4v) is 2.68. The number of carbonyl (C=O) groups is 1. The zero-order valence-electron chi connectivity index (χ0n) is 14.3. The Hall–Kier alpha value is -2.29. The van der Waals surface area contributed by atoms with Crippen molar-refractivity contribution in [3.05, 3.63) is 59.7 Å². The van der Waals surface area contributed by atoms with Crippen molar-refractivity contribution in [2.45, 2.75) is 51.9 Å². The van der Waals surface area contributed by atoms with Crippen molar-refractivity contribution >= 4 is 5.97 Å². The van der Waals surface area contributed by atoms with Crippen molar-refractivity contribution in [1.82, 2.24) is 0 Å². The van der Waals surface area contributed by atoms with Gasteiger partial charge in [-0.25, -0.2) is 0 Å². The van der Waals surface area contributed by atoms with Crippen molar-refractivity contribution in [2.24, 2.45) is 0 Å². The topological polar surface area (TPSA) is 49.4 Å². The Morgan fingerprint density at radius 1 is 0.917 bits per heavy atom. The van der Waals surface area contributed by atoms with Gasteiger partial charge in [0.2, 0.25) is 0 Å². The van der Waals surface area contributed by atoms with E-state index in [1.54, 1.807) is 18.2 Å². The first-order chi connectivity index (χ1) is 11.7. The summed E-state index contributed by atoms with van der Waals surface area (Å²) < 4.78 is 5.67. The van der Waals surface area contributed by atoms with Gasteiger partial charge in [-0.1, -0.05) is 63.3 Å². The number of carboxylic acid groups (broad SMARTS) is 1. The molecule has 0 atom stereocenters. The molecule has 0 bridgehead atoms. The highest BCUT2D eigenvalue weighted by Gasteiger charge is 2.05. The third-order valence-electron chi connectivity index (χ3n) is 4.08. The highest BCUT2D eigenvalue weighted by Crippen LogP contribution is 2.25. The van der Waals surface area contributed by atoms with E-state index in [4.69, 9.17) is 4.74 Å². The molecule has 0 radical (unpaired) electrons. The van der Waals surface area contributed by atoms with Crippen molar-refractivity contribution in [3.63, 3.8) is 0 Å². The van der Waals surface area contributed by atoms with Gasteiger partial charge in [0.15, 0.2) is 0 Å². The summed E-state index contributed by atoms with van der Waals surface area (Å²) in [7, 11) is 0. The summed E-state index contributed by atoms with van der Waals surface area (Å²) in [6, 6.07) is 14.4. The first-order valence-electron chi connectivity index (χ1n) is 8.78. The molecule has 0 aromatic heterocycles. The third kappa shape index (κ3) is 5.73. The van der Waals surface area contributed by atoms with Crippen LogP contribution < -0.4 is 9.84 Å². The summed E-state index contributed by atoms with van der Waals surface area (Å²) in [6.07, 6.45) is 8.81. The Morgan fingerprint density at radius 2 is 1.58 bits per heavy atom. The zero-order chi connectivity index (χ0) is 17.2. The summed E-state index contributed by atoms with van der Waals surface area (Å²) in [6.45, 7) is 2.23. The monoisotopic (exact) mass is 325 g/mol. The van der Waals surface area contributed by atoms with Gasteiger partial charge in [0, 0.05) is 5.56 Å². The van der Waals surface area contributed by atoms with Crippen LogP contribution in [0.3, 0.4) is 0 Å². The van der Waals surface area contributed by atoms with Crippen LogP contribution in [-0.4, -0.2) is 5.97 Å². The average molecular weight is 325 g/mol. The van der Waals surface area contributed by atoms with Crippen LogP contribution in [0.25, 0.3) is 0 Å². The number of carbonyl (C=O) groups excluding carboxylic acids is 1. The molecule has 0 unspecified atom stereocenters. The van der Waals surface area contributed by atoms with Gasteiger partial charge in [-0.15, -0.1) is 0 Å². The fraction of sp³-hybridized carbons (Fsp3) is 0.381. The lowest BCUT2D eigenvalue weighted by Crippen LogP contribution is -2.22. The highest BCUT2D eigenvalue weighted by atomic mass is 16.5. The van der Waals surface area contributed by atoms with Crippen LogP contribution in [0.15, 0.2) is 48.5 Å². The fourth-order valence-electron chi connectivity index (χ4n) is 2.68. The second-order valence-electron chi connectivity index (χ2n) is 6.05. The van der Waals surface area contributed by atoms with Gasteiger partial charge in [-0.3, -0.25) is 0 Å². The number of rotatable bonds is 10. The molecule has 3 heteroatoms. The van der Waals surface area contributed by atoms with Crippen LogP contribution in [0.1, 0.15) is 61.4 Å². The van der Waals surface area contributed by atoms with E-state index in [1.165, 1.54) is 50.2 Å². The van der Waals surface area contributed by atoms with Crippen molar-refractivity contribution in [3.8, 4) is 11.5 Å². The number of aromatic carboxylic acids is 1. The largest absolute Gasteiger partial charge is 0.545 e. The molecule has 0 saturated carbocycles. The van der Waals surface area contributed by atoms with E-state index < -0.39 is 5.97 Å². The Kier molecular flexibility index (Phi) is 7.34. The van der Waals surface area contributed by atoms with Crippen LogP contribution in [0.5, 0.6) is 11.5 Å². The smallest absolute Gasteiger partial charge is 0.136 e. The molecule has 24 heavy (non-hydrogen) atoms. The first-order valence-corrected chi connectivity index (χ1v) is 8.78. The molecule has 0 fully saturated rings. The predicted molar refractivity (Wildman–Crippen MR) is 94.4 cm³/mol. The van der Waals surface area contributed by atoms with E-state index in [2.05, 4.69) is 6.92 Å². The maximum Gasteiger partial charge on any atom is 0.136 e. The second kappa shape index (κ2) is 9.76. The Bertz CT molecular complexity index is 632. The molecule has 0 saturated heterocycles. The minimum Gasteiger partial charge on any atom is -0.545 e. The molecule has 0 spiro atoms. The molecule has 2 aromatic rings. The molecule has 3 nitrogen and oxygen atoms in total. The third-order valence-corrected chi connectivity index (χ3v) is 4.08. The Labute approximate surface area is 144 Å². The number of hydrogen-bond donors (Lipinski definition) is 0. The molecule has 0 heterocycles. The second-order valence-corrected chi connectivity index (χ2v) is 6.05. The first kappa shape index (κ1) is 18.1. The number of para-hydroxylation sites is 1. The van der Waals surface area contributed by atoms with Crippen molar-refractivity contribution in [2.75, 3.05) is 0 Å². The van der Waals surface area contributed by atoms with Crippen LogP contribution >= 0.6 is 0 Å². The van der Waals surface area contributed by atoms with E-state index in [0.29, 0.717) is 11.5 Å². The van der Waals surface area contributed by atoms with Gasteiger partial charge in [0.05, 0.1) is 5.97 Å². The molecule has 0 aliphatic rings. The molecular formula is C21H25O3-. The minimum atomic E-state index is -1.23. The van der Waals surface area contributed by atoms with Crippen LogP contribution in [-0.2, 0) is 6.42 Å².